The van der Waals surface area contributed by atoms with Crippen LogP contribution in [-0.2, 0) is 4.79 Å². The molecule has 3 heteroatoms. The molecule has 16 heavy (non-hydrogen) atoms. The van der Waals surface area contributed by atoms with E-state index in [0.29, 0.717) is 18.4 Å². The van der Waals surface area contributed by atoms with E-state index < -0.39 is 0 Å². The molecule has 1 aliphatic carbocycles. The first-order valence-corrected chi connectivity index (χ1v) is 5.60. The number of hydrogen-bond acceptors (Lipinski definition) is 2. The molecular weight excluding hydrogens is 207 g/mol. The Morgan fingerprint density at radius 3 is 3.00 bits per heavy atom. The molecule has 0 heterocycles. The standard InChI is InChI=1S/C13H15FO2/c1-9-4-2-7-12(13(9)14)16-11-6-3-5-10(15)8-11/h2,4,7,11H,3,5-6,8H2,1H3. The summed E-state index contributed by atoms with van der Waals surface area (Å²) in [6.45, 7) is 1.70. The Labute approximate surface area is 94.4 Å². The Kier molecular flexibility index (Phi) is 3.22. The Bertz CT molecular complexity index is 401. The van der Waals surface area contributed by atoms with Crippen molar-refractivity contribution in [2.24, 2.45) is 0 Å². The van der Waals surface area contributed by atoms with Crippen molar-refractivity contribution in [2.45, 2.75) is 38.7 Å². The summed E-state index contributed by atoms with van der Waals surface area (Å²) < 4.78 is 19.2. The van der Waals surface area contributed by atoms with Gasteiger partial charge in [-0.25, -0.2) is 4.39 Å². The molecule has 0 aromatic heterocycles. The molecule has 2 nitrogen and oxygen atoms in total. The lowest BCUT2D eigenvalue weighted by Gasteiger charge is -2.22. The van der Waals surface area contributed by atoms with Gasteiger partial charge in [-0.2, -0.15) is 0 Å². The van der Waals surface area contributed by atoms with Gasteiger partial charge in [0.2, 0.25) is 0 Å². The topological polar surface area (TPSA) is 26.3 Å². The second kappa shape index (κ2) is 4.64. The molecule has 1 saturated carbocycles. The van der Waals surface area contributed by atoms with Gasteiger partial charge in [0.1, 0.15) is 11.9 Å². The van der Waals surface area contributed by atoms with Crippen LogP contribution in [0.5, 0.6) is 5.75 Å². The van der Waals surface area contributed by atoms with E-state index in [2.05, 4.69) is 0 Å². The summed E-state index contributed by atoms with van der Waals surface area (Å²) >= 11 is 0. The average Bonchev–Trinajstić information content (AvgIpc) is 2.25. The molecule has 0 bridgehead atoms. The second-order valence-electron chi connectivity index (χ2n) is 4.26. The molecule has 86 valence electrons. The van der Waals surface area contributed by atoms with E-state index in [9.17, 15) is 9.18 Å². The summed E-state index contributed by atoms with van der Waals surface area (Å²) in [4.78, 5) is 11.2. The van der Waals surface area contributed by atoms with E-state index in [-0.39, 0.29) is 23.5 Å². The van der Waals surface area contributed by atoms with E-state index in [4.69, 9.17) is 4.74 Å². The third-order valence-electron chi connectivity index (χ3n) is 2.89. The van der Waals surface area contributed by atoms with Crippen molar-refractivity contribution in [2.75, 3.05) is 0 Å². The Hall–Kier alpha value is -1.38. The van der Waals surface area contributed by atoms with Crippen LogP contribution in [0.2, 0.25) is 0 Å². The maximum atomic E-state index is 13.6. The predicted molar refractivity (Wildman–Crippen MR) is 59.0 cm³/mol. The van der Waals surface area contributed by atoms with Crippen LogP contribution >= 0.6 is 0 Å². The van der Waals surface area contributed by atoms with Gasteiger partial charge in [0.15, 0.2) is 11.6 Å². The first-order valence-electron chi connectivity index (χ1n) is 5.60. The molecule has 1 aromatic carbocycles. The van der Waals surface area contributed by atoms with Crippen LogP contribution in [0.25, 0.3) is 0 Å². The van der Waals surface area contributed by atoms with Gasteiger partial charge in [-0.3, -0.25) is 4.79 Å². The van der Waals surface area contributed by atoms with Crippen molar-refractivity contribution >= 4 is 5.78 Å². The first-order chi connectivity index (χ1) is 7.66. The van der Waals surface area contributed by atoms with E-state index in [1.54, 1.807) is 25.1 Å². The molecule has 0 aliphatic heterocycles. The Balaban J connectivity index is 2.08. The number of aryl methyl sites for hydroxylation is 1. The molecular formula is C13H15FO2. The van der Waals surface area contributed by atoms with Crippen LogP contribution in [0.15, 0.2) is 18.2 Å². The average molecular weight is 222 g/mol. The largest absolute Gasteiger partial charge is 0.487 e. The molecule has 2 rings (SSSR count). The molecule has 0 radical (unpaired) electrons. The highest BCUT2D eigenvalue weighted by molar-refractivity contribution is 5.79. The molecule has 1 aromatic rings. The van der Waals surface area contributed by atoms with Gasteiger partial charge in [-0.1, -0.05) is 12.1 Å². The Morgan fingerprint density at radius 1 is 1.44 bits per heavy atom. The molecule has 1 aliphatic rings. The third-order valence-corrected chi connectivity index (χ3v) is 2.89. The zero-order chi connectivity index (χ0) is 11.5. The fourth-order valence-corrected chi connectivity index (χ4v) is 1.98. The maximum Gasteiger partial charge on any atom is 0.167 e. The van der Waals surface area contributed by atoms with E-state index in [0.717, 1.165) is 12.8 Å². The smallest absolute Gasteiger partial charge is 0.167 e. The third kappa shape index (κ3) is 2.40. The zero-order valence-electron chi connectivity index (χ0n) is 9.33. The summed E-state index contributed by atoms with van der Waals surface area (Å²) in [5.41, 5.74) is 0.569. The van der Waals surface area contributed by atoms with Gasteiger partial charge >= 0.3 is 0 Å². The molecule has 0 saturated heterocycles. The highest BCUT2D eigenvalue weighted by Gasteiger charge is 2.22. The number of ether oxygens (including phenoxy) is 1. The lowest BCUT2D eigenvalue weighted by Crippen LogP contribution is -2.25. The second-order valence-corrected chi connectivity index (χ2v) is 4.26. The minimum atomic E-state index is -0.319. The fraction of sp³-hybridized carbons (Fsp3) is 0.462. The maximum absolute atomic E-state index is 13.6. The number of ketones is 1. The SMILES string of the molecule is Cc1cccc(OC2CCCC(=O)C2)c1F. The summed E-state index contributed by atoms with van der Waals surface area (Å²) in [6, 6.07) is 5.08. The van der Waals surface area contributed by atoms with Crippen LogP contribution < -0.4 is 4.74 Å². The summed E-state index contributed by atoms with van der Waals surface area (Å²) in [7, 11) is 0. The van der Waals surface area contributed by atoms with Crippen molar-refractivity contribution in [3.05, 3.63) is 29.6 Å². The van der Waals surface area contributed by atoms with Gasteiger partial charge in [-0.15, -0.1) is 0 Å². The van der Waals surface area contributed by atoms with E-state index in [1.165, 1.54) is 0 Å². The highest BCUT2D eigenvalue weighted by Crippen LogP contribution is 2.25. The molecule has 1 unspecified atom stereocenters. The van der Waals surface area contributed by atoms with Crippen LogP contribution in [0.1, 0.15) is 31.2 Å². The number of hydrogen-bond donors (Lipinski definition) is 0. The van der Waals surface area contributed by atoms with Gasteiger partial charge in [0.25, 0.3) is 0 Å². The number of Topliss-reactive ketones (excluding diaryl/α,β-unsaturated/α-hetero) is 1. The fourth-order valence-electron chi connectivity index (χ4n) is 1.98. The molecule has 0 N–H and O–H groups in total. The molecule has 0 amide bonds. The van der Waals surface area contributed by atoms with Gasteiger partial charge in [-0.05, 0) is 31.4 Å². The lowest BCUT2D eigenvalue weighted by molar-refractivity contribution is -0.122. The quantitative estimate of drug-likeness (QED) is 0.768. The summed E-state index contributed by atoms with van der Waals surface area (Å²) in [5.74, 6) is 0.157. The minimum Gasteiger partial charge on any atom is -0.487 e. The van der Waals surface area contributed by atoms with Crippen molar-refractivity contribution < 1.29 is 13.9 Å². The van der Waals surface area contributed by atoms with Crippen molar-refractivity contribution in [3.8, 4) is 5.75 Å². The van der Waals surface area contributed by atoms with Crippen molar-refractivity contribution in [3.63, 3.8) is 0 Å². The molecule has 1 fully saturated rings. The van der Waals surface area contributed by atoms with Gasteiger partial charge in [0, 0.05) is 12.8 Å². The monoisotopic (exact) mass is 222 g/mol. The Morgan fingerprint density at radius 2 is 2.25 bits per heavy atom. The van der Waals surface area contributed by atoms with Gasteiger partial charge < -0.3 is 4.74 Å². The number of carbonyl (C=O) groups is 1. The molecule has 1 atom stereocenters. The number of rotatable bonds is 2. The highest BCUT2D eigenvalue weighted by atomic mass is 19.1. The van der Waals surface area contributed by atoms with E-state index in [1.807, 2.05) is 0 Å². The summed E-state index contributed by atoms with van der Waals surface area (Å²) in [5, 5.41) is 0. The molecule has 0 spiro atoms. The minimum absolute atomic E-state index is 0.155. The van der Waals surface area contributed by atoms with Crippen molar-refractivity contribution in [1.29, 1.82) is 0 Å². The predicted octanol–water partition coefficient (Wildman–Crippen LogP) is 3.02. The first kappa shape index (κ1) is 11.1. The van der Waals surface area contributed by atoms with Gasteiger partial charge in [0.05, 0.1) is 0 Å². The summed E-state index contributed by atoms with van der Waals surface area (Å²) in [6.07, 6.45) is 2.57. The zero-order valence-corrected chi connectivity index (χ0v) is 9.33. The van der Waals surface area contributed by atoms with Crippen LogP contribution in [-0.4, -0.2) is 11.9 Å². The normalized spacial score (nSPS) is 20.9. The van der Waals surface area contributed by atoms with Crippen LogP contribution in [0.4, 0.5) is 4.39 Å². The van der Waals surface area contributed by atoms with E-state index >= 15 is 0 Å². The number of carbonyl (C=O) groups excluding carboxylic acids is 1. The van der Waals surface area contributed by atoms with Crippen molar-refractivity contribution in [1.82, 2.24) is 0 Å². The lowest BCUT2D eigenvalue weighted by atomic mass is 9.96. The van der Waals surface area contributed by atoms with Crippen LogP contribution in [0.3, 0.4) is 0 Å². The van der Waals surface area contributed by atoms with Crippen LogP contribution in [0, 0.1) is 12.7 Å². The number of benzene rings is 1. The number of halogens is 1.